The number of carbonyl (C=O) groups is 1. The van der Waals surface area contributed by atoms with Gasteiger partial charge < -0.3 is 10.6 Å². The number of nitrogens with one attached hydrogen (secondary N) is 2. The van der Waals surface area contributed by atoms with E-state index in [0.717, 1.165) is 25.6 Å². The van der Waals surface area contributed by atoms with Crippen LogP contribution in [0.2, 0.25) is 0 Å². The zero-order valence-corrected chi connectivity index (χ0v) is 17.2. The molecular weight excluding hydrogens is 334 g/mol. The maximum atomic E-state index is 12.3. The third kappa shape index (κ3) is 6.62. The maximum Gasteiger partial charge on any atom is 0.220 e. The van der Waals surface area contributed by atoms with Crippen molar-refractivity contribution in [3.63, 3.8) is 0 Å². The molecule has 4 heteroatoms. The molecule has 1 aromatic rings. The quantitative estimate of drug-likeness (QED) is 0.770. The van der Waals surface area contributed by atoms with Crippen molar-refractivity contribution < 1.29 is 4.79 Å². The zero-order chi connectivity index (χ0) is 19.1. The van der Waals surface area contributed by atoms with Gasteiger partial charge in [-0.1, -0.05) is 38.1 Å². The van der Waals surface area contributed by atoms with Crippen molar-refractivity contribution >= 4 is 5.91 Å². The van der Waals surface area contributed by atoms with Crippen molar-refractivity contribution in [1.29, 1.82) is 0 Å². The first-order valence-corrected chi connectivity index (χ1v) is 10.9. The lowest BCUT2D eigenvalue weighted by Gasteiger charge is -2.30. The molecule has 0 spiro atoms. The minimum Gasteiger partial charge on any atom is -0.352 e. The average molecular weight is 372 g/mol. The van der Waals surface area contributed by atoms with E-state index in [4.69, 9.17) is 0 Å². The summed E-state index contributed by atoms with van der Waals surface area (Å²) in [6, 6.07) is 8.76. The van der Waals surface area contributed by atoms with Crippen LogP contribution in [-0.4, -0.2) is 37.0 Å². The predicted molar refractivity (Wildman–Crippen MR) is 111 cm³/mol. The van der Waals surface area contributed by atoms with Crippen LogP contribution in [0.3, 0.4) is 0 Å². The van der Waals surface area contributed by atoms with Crippen molar-refractivity contribution in [1.82, 2.24) is 15.5 Å². The van der Waals surface area contributed by atoms with Crippen LogP contribution in [0.25, 0.3) is 0 Å². The molecule has 27 heavy (non-hydrogen) atoms. The molecule has 2 fully saturated rings. The molecule has 0 radical (unpaired) electrons. The summed E-state index contributed by atoms with van der Waals surface area (Å²) in [5, 5.41) is 6.55. The highest BCUT2D eigenvalue weighted by Gasteiger charge is 2.22. The number of likely N-dealkylation sites (tertiary alicyclic amines) is 1. The van der Waals surface area contributed by atoms with Gasteiger partial charge in [0.15, 0.2) is 0 Å². The Hall–Kier alpha value is -1.39. The van der Waals surface area contributed by atoms with E-state index in [0.29, 0.717) is 24.8 Å². The van der Waals surface area contributed by atoms with Gasteiger partial charge in [0.1, 0.15) is 0 Å². The molecular formula is C23H37N3O. The molecule has 1 amide bonds. The smallest absolute Gasteiger partial charge is 0.220 e. The maximum absolute atomic E-state index is 12.3. The lowest BCUT2D eigenvalue weighted by Crippen LogP contribution is -2.35. The van der Waals surface area contributed by atoms with Crippen LogP contribution >= 0.6 is 0 Å². The van der Waals surface area contributed by atoms with Crippen LogP contribution in [0.1, 0.15) is 57.1 Å². The van der Waals surface area contributed by atoms with Gasteiger partial charge in [-0.3, -0.25) is 9.69 Å². The first kappa shape index (κ1) is 20.3. The van der Waals surface area contributed by atoms with Crippen molar-refractivity contribution in [2.24, 2.45) is 17.8 Å². The monoisotopic (exact) mass is 371 g/mol. The summed E-state index contributed by atoms with van der Waals surface area (Å²) >= 11 is 0. The van der Waals surface area contributed by atoms with E-state index in [1.54, 1.807) is 0 Å². The molecule has 0 aliphatic carbocycles. The van der Waals surface area contributed by atoms with E-state index >= 15 is 0 Å². The lowest BCUT2D eigenvalue weighted by atomic mass is 9.85. The first-order valence-electron chi connectivity index (χ1n) is 10.9. The van der Waals surface area contributed by atoms with Crippen molar-refractivity contribution in [3.8, 4) is 0 Å². The number of carbonyl (C=O) groups excluding carboxylic acids is 1. The highest BCUT2D eigenvalue weighted by molar-refractivity contribution is 5.76. The van der Waals surface area contributed by atoms with Crippen LogP contribution < -0.4 is 10.6 Å². The topological polar surface area (TPSA) is 44.4 Å². The summed E-state index contributed by atoms with van der Waals surface area (Å²) in [5.41, 5.74) is 2.56. The van der Waals surface area contributed by atoms with Gasteiger partial charge in [0.2, 0.25) is 5.91 Å². The molecule has 2 unspecified atom stereocenters. The molecule has 2 aliphatic heterocycles. The molecule has 2 saturated heterocycles. The molecule has 4 nitrogen and oxygen atoms in total. The zero-order valence-electron chi connectivity index (χ0n) is 17.2. The van der Waals surface area contributed by atoms with E-state index in [1.807, 2.05) is 0 Å². The van der Waals surface area contributed by atoms with Crippen molar-refractivity contribution in [2.75, 3.05) is 26.2 Å². The summed E-state index contributed by atoms with van der Waals surface area (Å²) in [6.45, 7) is 10.9. The van der Waals surface area contributed by atoms with Gasteiger partial charge in [-0.2, -0.15) is 0 Å². The van der Waals surface area contributed by atoms with Gasteiger partial charge in [-0.05, 0) is 80.7 Å². The summed E-state index contributed by atoms with van der Waals surface area (Å²) < 4.78 is 0. The molecule has 3 rings (SSSR count). The number of benzene rings is 1. The predicted octanol–water partition coefficient (Wildman–Crippen LogP) is 3.56. The number of rotatable bonds is 7. The molecule has 2 heterocycles. The Morgan fingerprint density at radius 1 is 1.19 bits per heavy atom. The van der Waals surface area contributed by atoms with Gasteiger partial charge in [-0.25, -0.2) is 0 Å². The Morgan fingerprint density at radius 3 is 2.56 bits per heavy atom. The van der Waals surface area contributed by atoms with Gasteiger partial charge >= 0.3 is 0 Å². The van der Waals surface area contributed by atoms with E-state index < -0.39 is 0 Å². The Morgan fingerprint density at radius 2 is 1.89 bits per heavy atom. The Bertz CT molecular complexity index is 572. The third-order valence-electron chi connectivity index (χ3n) is 6.44. The largest absolute Gasteiger partial charge is 0.352 e. The molecule has 2 aliphatic rings. The second kappa shape index (κ2) is 10.2. The SMILES string of the molecule is CC1CCN(Cc2ccc(CNC(=O)CC(C)C3CCCNC3)cc2)CC1. The average Bonchev–Trinajstić information content (AvgIpc) is 2.70. The number of piperidine rings is 2. The molecule has 2 atom stereocenters. The fourth-order valence-electron chi connectivity index (χ4n) is 4.34. The van der Waals surface area contributed by atoms with Gasteiger partial charge in [0.05, 0.1) is 0 Å². The fraction of sp³-hybridized carbons (Fsp3) is 0.696. The molecule has 0 aromatic heterocycles. The molecule has 150 valence electrons. The number of nitrogens with zero attached hydrogens (tertiary/aromatic N) is 1. The fourth-order valence-corrected chi connectivity index (χ4v) is 4.34. The van der Waals surface area contributed by atoms with Gasteiger partial charge in [-0.15, -0.1) is 0 Å². The third-order valence-corrected chi connectivity index (χ3v) is 6.44. The standard InChI is InChI=1S/C23H37N3O/c1-18-9-12-26(13-10-18)17-21-7-5-20(6-8-21)15-25-23(27)14-19(2)22-4-3-11-24-16-22/h5-8,18-19,22,24H,3-4,9-17H2,1-2H3,(H,25,27). The van der Waals surface area contributed by atoms with E-state index in [9.17, 15) is 4.79 Å². The molecule has 1 aromatic carbocycles. The molecule has 0 bridgehead atoms. The van der Waals surface area contributed by atoms with Gasteiger partial charge in [0, 0.05) is 19.5 Å². The van der Waals surface area contributed by atoms with E-state index in [-0.39, 0.29) is 5.91 Å². The number of amides is 1. The second-order valence-corrected chi connectivity index (χ2v) is 8.84. The number of hydrogen-bond donors (Lipinski definition) is 2. The lowest BCUT2D eigenvalue weighted by molar-refractivity contribution is -0.122. The summed E-state index contributed by atoms with van der Waals surface area (Å²) in [6.07, 6.45) is 5.76. The van der Waals surface area contributed by atoms with Crippen molar-refractivity contribution in [2.45, 2.75) is 59.0 Å². The Labute approximate surface area is 165 Å². The van der Waals surface area contributed by atoms with Crippen molar-refractivity contribution in [3.05, 3.63) is 35.4 Å². The summed E-state index contributed by atoms with van der Waals surface area (Å²) in [7, 11) is 0. The van der Waals surface area contributed by atoms with Crippen LogP contribution in [-0.2, 0) is 17.9 Å². The molecule has 2 N–H and O–H groups in total. The minimum atomic E-state index is 0.180. The Balaban J connectivity index is 1.38. The van der Waals surface area contributed by atoms with Crippen LogP contribution in [0.5, 0.6) is 0 Å². The first-order chi connectivity index (χ1) is 13.1. The highest BCUT2D eigenvalue weighted by Crippen LogP contribution is 2.22. The number of hydrogen-bond acceptors (Lipinski definition) is 3. The minimum absolute atomic E-state index is 0.180. The van der Waals surface area contributed by atoms with E-state index in [2.05, 4.69) is 53.6 Å². The van der Waals surface area contributed by atoms with E-state index in [1.165, 1.54) is 49.9 Å². The summed E-state index contributed by atoms with van der Waals surface area (Å²) in [4.78, 5) is 14.8. The summed E-state index contributed by atoms with van der Waals surface area (Å²) in [5.74, 6) is 2.15. The van der Waals surface area contributed by atoms with Gasteiger partial charge in [0.25, 0.3) is 0 Å². The highest BCUT2D eigenvalue weighted by atomic mass is 16.1. The van der Waals surface area contributed by atoms with Crippen LogP contribution in [0.4, 0.5) is 0 Å². The molecule has 0 saturated carbocycles. The Kier molecular flexibility index (Phi) is 7.71. The second-order valence-electron chi connectivity index (χ2n) is 8.84. The normalized spacial score (nSPS) is 23.1. The van der Waals surface area contributed by atoms with Crippen LogP contribution in [0, 0.1) is 17.8 Å². The van der Waals surface area contributed by atoms with Crippen LogP contribution in [0.15, 0.2) is 24.3 Å².